The Kier molecular flexibility index (Phi) is 4.00. The summed E-state index contributed by atoms with van der Waals surface area (Å²) in [5, 5.41) is 2.02. The SMILES string of the molecule is COc1ccc2cc([C@H](C)C(=O)OCF)ccc2c1. The van der Waals surface area contributed by atoms with E-state index >= 15 is 0 Å². The molecule has 19 heavy (non-hydrogen) atoms. The van der Waals surface area contributed by atoms with Gasteiger partial charge in [-0.3, -0.25) is 4.79 Å². The average molecular weight is 262 g/mol. The minimum absolute atomic E-state index is 0.484. The molecule has 2 aromatic rings. The number of halogens is 1. The predicted molar refractivity (Wildman–Crippen MR) is 71.0 cm³/mol. The molecule has 2 rings (SSSR count). The molecular formula is C15H15FO3. The molecule has 0 spiro atoms. The summed E-state index contributed by atoms with van der Waals surface area (Å²) in [5.41, 5.74) is 0.802. The largest absolute Gasteiger partial charge is 0.497 e. The van der Waals surface area contributed by atoms with E-state index in [0.717, 1.165) is 22.1 Å². The van der Waals surface area contributed by atoms with E-state index in [1.807, 2.05) is 36.4 Å². The fourth-order valence-electron chi connectivity index (χ4n) is 1.95. The second kappa shape index (κ2) is 5.69. The third kappa shape index (κ3) is 2.84. The molecule has 0 saturated carbocycles. The summed E-state index contributed by atoms with van der Waals surface area (Å²) >= 11 is 0. The van der Waals surface area contributed by atoms with Crippen LogP contribution < -0.4 is 4.74 Å². The third-order valence-corrected chi connectivity index (χ3v) is 3.12. The van der Waals surface area contributed by atoms with Crippen molar-refractivity contribution in [2.75, 3.05) is 14.0 Å². The van der Waals surface area contributed by atoms with E-state index in [1.165, 1.54) is 0 Å². The highest BCUT2D eigenvalue weighted by Crippen LogP contribution is 2.25. The highest BCUT2D eigenvalue weighted by atomic mass is 19.1. The molecule has 1 atom stereocenters. The first kappa shape index (κ1) is 13.3. The van der Waals surface area contributed by atoms with E-state index in [9.17, 15) is 9.18 Å². The van der Waals surface area contributed by atoms with Gasteiger partial charge in [-0.1, -0.05) is 24.3 Å². The van der Waals surface area contributed by atoms with Gasteiger partial charge < -0.3 is 9.47 Å². The van der Waals surface area contributed by atoms with E-state index < -0.39 is 18.7 Å². The summed E-state index contributed by atoms with van der Waals surface area (Å²) in [5.74, 6) is -0.261. The van der Waals surface area contributed by atoms with Crippen LogP contribution in [-0.4, -0.2) is 19.9 Å². The topological polar surface area (TPSA) is 35.5 Å². The van der Waals surface area contributed by atoms with E-state index in [2.05, 4.69) is 4.74 Å². The second-order valence-electron chi connectivity index (χ2n) is 4.27. The molecule has 0 heterocycles. The summed E-state index contributed by atoms with van der Waals surface area (Å²) in [6.45, 7) is 0.608. The Morgan fingerprint density at radius 1 is 1.21 bits per heavy atom. The molecule has 2 aromatic carbocycles. The number of carbonyl (C=O) groups excluding carboxylic acids is 1. The van der Waals surface area contributed by atoms with E-state index in [0.29, 0.717) is 0 Å². The summed E-state index contributed by atoms with van der Waals surface area (Å²) in [6.07, 6.45) is 0. The smallest absolute Gasteiger partial charge is 0.315 e. The number of fused-ring (bicyclic) bond motifs is 1. The Balaban J connectivity index is 2.33. The molecule has 0 N–H and O–H groups in total. The van der Waals surface area contributed by atoms with Crippen LogP contribution in [0, 0.1) is 0 Å². The molecule has 0 aliphatic heterocycles. The molecule has 0 unspecified atom stereocenters. The lowest BCUT2D eigenvalue weighted by Crippen LogP contribution is -2.12. The normalized spacial score (nSPS) is 12.2. The van der Waals surface area contributed by atoms with Crippen LogP contribution in [0.3, 0.4) is 0 Å². The summed E-state index contributed by atoms with van der Waals surface area (Å²) in [4.78, 5) is 11.5. The van der Waals surface area contributed by atoms with Crippen molar-refractivity contribution in [2.24, 2.45) is 0 Å². The van der Waals surface area contributed by atoms with Gasteiger partial charge in [-0.25, -0.2) is 4.39 Å². The van der Waals surface area contributed by atoms with Gasteiger partial charge in [0.05, 0.1) is 13.0 Å². The molecule has 0 radical (unpaired) electrons. The lowest BCUT2D eigenvalue weighted by molar-refractivity contribution is -0.149. The zero-order chi connectivity index (χ0) is 13.8. The van der Waals surface area contributed by atoms with Crippen LogP contribution in [0.4, 0.5) is 4.39 Å². The van der Waals surface area contributed by atoms with E-state index in [4.69, 9.17) is 4.74 Å². The van der Waals surface area contributed by atoms with Gasteiger partial charge in [0.1, 0.15) is 5.75 Å². The van der Waals surface area contributed by atoms with Crippen molar-refractivity contribution in [3.63, 3.8) is 0 Å². The van der Waals surface area contributed by atoms with E-state index in [1.54, 1.807) is 14.0 Å². The Bertz CT molecular complexity index is 595. The number of benzene rings is 2. The first-order valence-electron chi connectivity index (χ1n) is 5.96. The fraction of sp³-hybridized carbons (Fsp3) is 0.267. The average Bonchev–Trinajstić information content (AvgIpc) is 2.45. The van der Waals surface area contributed by atoms with Crippen molar-refractivity contribution >= 4 is 16.7 Å². The van der Waals surface area contributed by atoms with Crippen LogP contribution in [0.15, 0.2) is 36.4 Å². The summed E-state index contributed by atoms with van der Waals surface area (Å²) in [6, 6.07) is 11.3. The lowest BCUT2D eigenvalue weighted by Gasteiger charge is -2.11. The Hall–Kier alpha value is -2.10. The van der Waals surface area contributed by atoms with Crippen molar-refractivity contribution < 1.29 is 18.7 Å². The van der Waals surface area contributed by atoms with Gasteiger partial charge in [-0.05, 0) is 35.4 Å². The highest BCUT2D eigenvalue weighted by Gasteiger charge is 2.16. The number of alkyl halides is 1. The molecule has 100 valence electrons. The first-order chi connectivity index (χ1) is 9.15. The number of esters is 1. The van der Waals surface area contributed by atoms with Crippen molar-refractivity contribution in [3.8, 4) is 5.75 Å². The number of hydrogen-bond acceptors (Lipinski definition) is 3. The first-order valence-corrected chi connectivity index (χ1v) is 5.96. The zero-order valence-electron chi connectivity index (χ0n) is 10.9. The van der Waals surface area contributed by atoms with Gasteiger partial charge >= 0.3 is 5.97 Å². The molecule has 0 aromatic heterocycles. The Labute approximate surface area is 110 Å². The van der Waals surface area contributed by atoms with Crippen molar-refractivity contribution in [3.05, 3.63) is 42.0 Å². The molecule has 0 aliphatic rings. The van der Waals surface area contributed by atoms with Crippen molar-refractivity contribution in [2.45, 2.75) is 12.8 Å². The maximum atomic E-state index is 12.0. The quantitative estimate of drug-likeness (QED) is 0.792. The number of hydrogen-bond donors (Lipinski definition) is 0. The number of rotatable bonds is 4. The van der Waals surface area contributed by atoms with Crippen molar-refractivity contribution in [1.29, 1.82) is 0 Å². The van der Waals surface area contributed by atoms with Gasteiger partial charge in [0.25, 0.3) is 0 Å². The number of ether oxygens (including phenoxy) is 2. The van der Waals surface area contributed by atoms with E-state index in [-0.39, 0.29) is 0 Å². The zero-order valence-corrected chi connectivity index (χ0v) is 10.9. The lowest BCUT2D eigenvalue weighted by atomic mass is 9.98. The van der Waals surface area contributed by atoms with Gasteiger partial charge in [-0.15, -0.1) is 0 Å². The van der Waals surface area contributed by atoms with Crippen LogP contribution in [0.1, 0.15) is 18.4 Å². The van der Waals surface area contributed by atoms with Gasteiger partial charge in [0.2, 0.25) is 6.86 Å². The Morgan fingerprint density at radius 3 is 2.58 bits per heavy atom. The minimum atomic E-state index is -1.09. The van der Waals surface area contributed by atoms with Crippen LogP contribution >= 0.6 is 0 Å². The molecule has 0 aliphatic carbocycles. The molecule has 3 nitrogen and oxygen atoms in total. The highest BCUT2D eigenvalue weighted by molar-refractivity contribution is 5.86. The molecule has 0 bridgehead atoms. The second-order valence-corrected chi connectivity index (χ2v) is 4.27. The molecule has 0 saturated heterocycles. The standard InChI is InChI=1S/C15H15FO3/c1-10(15(17)19-9-16)11-3-4-13-8-14(18-2)6-5-12(13)7-11/h3-8,10H,9H2,1-2H3/t10-/m0/s1. The minimum Gasteiger partial charge on any atom is -0.497 e. The molecular weight excluding hydrogens is 247 g/mol. The molecule has 0 amide bonds. The van der Waals surface area contributed by atoms with Crippen LogP contribution in [0.5, 0.6) is 5.75 Å². The van der Waals surface area contributed by atoms with Gasteiger partial charge in [0, 0.05) is 0 Å². The molecule has 4 heteroatoms. The van der Waals surface area contributed by atoms with Gasteiger partial charge in [-0.2, -0.15) is 0 Å². The monoisotopic (exact) mass is 262 g/mol. The number of methoxy groups -OCH3 is 1. The summed E-state index contributed by atoms with van der Waals surface area (Å²) < 4.78 is 21.5. The fourth-order valence-corrected chi connectivity index (χ4v) is 1.95. The van der Waals surface area contributed by atoms with Crippen LogP contribution in [0.2, 0.25) is 0 Å². The Morgan fingerprint density at radius 2 is 1.89 bits per heavy atom. The molecule has 0 fully saturated rings. The van der Waals surface area contributed by atoms with Crippen molar-refractivity contribution in [1.82, 2.24) is 0 Å². The van der Waals surface area contributed by atoms with Crippen LogP contribution in [-0.2, 0) is 9.53 Å². The van der Waals surface area contributed by atoms with Crippen LogP contribution in [0.25, 0.3) is 10.8 Å². The maximum absolute atomic E-state index is 12.0. The number of carbonyl (C=O) groups is 1. The third-order valence-electron chi connectivity index (χ3n) is 3.12. The maximum Gasteiger partial charge on any atom is 0.315 e. The summed E-state index contributed by atoms with van der Waals surface area (Å²) in [7, 11) is 1.62. The van der Waals surface area contributed by atoms with Gasteiger partial charge in [0.15, 0.2) is 0 Å². The predicted octanol–water partition coefficient (Wildman–Crippen LogP) is 3.42.